The molecule has 1 aromatic carbocycles. The SMILES string of the molecule is O=C1CCC(CNC(=O)Nc2cccc(Cl)c2)N1. The summed E-state index contributed by atoms with van der Waals surface area (Å²) in [6, 6.07) is 6.64. The zero-order valence-corrected chi connectivity index (χ0v) is 10.5. The molecule has 1 aliphatic heterocycles. The molecule has 1 aliphatic rings. The molecule has 0 spiro atoms. The van der Waals surface area contributed by atoms with E-state index in [1.807, 2.05) is 0 Å². The lowest BCUT2D eigenvalue weighted by Crippen LogP contribution is -2.40. The Morgan fingerprint density at radius 1 is 1.50 bits per heavy atom. The van der Waals surface area contributed by atoms with Gasteiger partial charge in [0.05, 0.1) is 0 Å². The summed E-state index contributed by atoms with van der Waals surface area (Å²) in [5.41, 5.74) is 0.635. The van der Waals surface area contributed by atoms with E-state index in [-0.39, 0.29) is 18.0 Å². The topological polar surface area (TPSA) is 70.2 Å². The predicted molar refractivity (Wildman–Crippen MR) is 69.6 cm³/mol. The summed E-state index contributed by atoms with van der Waals surface area (Å²) < 4.78 is 0. The van der Waals surface area contributed by atoms with Crippen LogP contribution in [0.1, 0.15) is 12.8 Å². The minimum Gasteiger partial charge on any atom is -0.352 e. The third kappa shape index (κ3) is 3.63. The van der Waals surface area contributed by atoms with E-state index in [0.29, 0.717) is 23.7 Å². The lowest BCUT2D eigenvalue weighted by Gasteiger charge is -2.12. The molecule has 1 unspecified atom stereocenters. The van der Waals surface area contributed by atoms with Crippen LogP contribution in [0, 0.1) is 0 Å². The summed E-state index contributed by atoms with van der Waals surface area (Å²) in [5.74, 6) is 0.0389. The molecule has 0 saturated carbocycles. The molecule has 1 aromatic rings. The number of carbonyl (C=O) groups excluding carboxylic acids is 2. The van der Waals surface area contributed by atoms with Crippen molar-refractivity contribution in [1.82, 2.24) is 10.6 Å². The zero-order chi connectivity index (χ0) is 13.0. The van der Waals surface area contributed by atoms with Gasteiger partial charge in [0.2, 0.25) is 5.91 Å². The van der Waals surface area contributed by atoms with E-state index in [1.165, 1.54) is 0 Å². The Kier molecular flexibility index (Phi) is 4.04. The number of benzene rings is 1. The van der Waals surface area contributed by atoms with Crippen molar-refractivity contribution >= 4 is 29.2 Å². The lowest BCUT2D eigenvalue weighted by molar-refractivity contribution is -0.119. The van der Waals surface area contributed by atoms with Crippen LogP contribution >= 0.6 is 11.6 Å². The molecule has 3 N–H and O–H groups in total. The largest absolute Gasteiger partial charge is 0.352 e. The number of hydrogen-bond acceptors (Lipinski definition) is 2. The summed E-state index contributed by atoms with van der Waals surface area (Å²) in [6.07, 6.45) is 1.29. The highest BCUT2D eigenvalue weighted by atomic mass is 35.5. The molecule has 1 atom stereocenters. The van der Waals surface area contributed by atoms with E-state index in [2.05, 4.69) is 16.0 Å². The van der Waals surface area contributed by atoms with Gasteiger partial charge in [-0.05, 0) is 24.6 Å². The number of hydrogen-bond donors (Lipinski definition) is 3. The van der Waals surface area contributed by atoms with E-state index < -0.39 is 0 Å². The molecule has 0 radical (unpaired) electrons. The van der Waals surface area contributed by atoms with Gasteiger partial charge >= 0.3 is 6.03 Å². The third-order valence-electron chi connectivity index (χ3n) is 2.68. The van der Waals surface area contributed by atoms with Crippen molar-refractivity contribution in [2.24, 2.45) is 0 Å². The molecule has 0 aliphatic carbocycles. The van der Waals surface area contributed by atoms with Crippen molar-refractivity contribution in [2.75, 3.05) is 11.9 Å². The molecule has 2 rings (SSSR count). The number of carbonyl (C=O) groups is 2. The Morgan fingerprint density at radius 2 is 2.33 bits per heavy atom. The molecule has 1 saturated heterocycles. The standard InChI is InChI=1S/C12H14ClN3O2/c13-8-2-1-3-9(6-8)16-12(18)14-7-10-4-5-11(17)15-10/h1-3,6,10H,4-5,7H2,(H,15,17)(H2,14,16,18). The number of halogens is 1. The van der Waals surface area contributed by atoms with Gasteiger partial charge in [-0.1, -0.05) is 17.7 Å². The third-order valence-corrected chi connectivity index (χ3v) is 2.91. The van der Waals surface area contributed by atoms with Gasteiger partial charge in [0, 0.05) is 29.7 Å². The molecule has 6 heteroatoms. The van der Waals surface area contributed by atoms with Crippen LogP contribution in [-0.4, -0.2) is 24.5 Å². The van der Waals surface area contributed by atoms with Crippen molar-refractivity contribution in [1.29, 1.82) is 0 Å². The van der Waals surface area contributed by atoms with Crippen molar-refractivity contribution in [3.63, 3.8) is 0 Å². The van der Waals surface area contributed by atoms with Gasteiger partial charge in [-0.3, -0.25) is 4.79 Å². The van der Waals surface area contributed by atoms with Crippen LogP contribution < -0.4 is 16.0 Å². The summed E-state index contributed by atoms with van der Waals surface area (Å²) in [7, 11) is 0. The molecule has 0 bridgehead atoms. The van der Waals surface area contributed by atoms with Crippen LogP contribution in [0.3, 0.4) is 0 Å². The van der Waals surface area contributed by atoms with Crippen molar-refractivity contribution in [3.8, 4) is 0 Å². The van der Waals surface area contributed by atoms with Gasteiger partial charge in [0.15, 0.2) is 0 Å². The van der Waals surface area contributed by atoms with Crippen LogP contribution in [0.25, 0.3) is 0 Å². The monoisotopic (exact) mass is 267 g/mol. The second kappa shape index (κ2) is 5.73. The maximum absolute atomic E-state index is 11.6. The number of anilines is 1. The average molecular weight is 268 g/mol. The molecule has 96 valence electrons. The van der Waals surface area contributed by atoms with Crippen LogP contribution in [0.2, 0.25) is 5.02 Å². The molecular formula is C12H14ClN3O2. The second-order valence-electron chi connectivity index (χ2n) is 4.15. The second-order valence-corrected chi connectivity index (χ2v) is 4.58. The first-order chi connectivity index (χ1) is 8.63. The van der Waals surface area contributed by atoms with E-state index >= 15 is 0 Å². The van der Waals surface area contributed by atoms with Crippen LogP contribution in [0.4, 0.5) is 10.5 Å². The molecule has 18 heavy (non-hydrogen) atoms. The Labute approximate surface area is 110 Å². The molecule has 3 amide bonds. The summed E-state index contributed by atoms with van der Waals surface area (Å²) in [6.45, 7) is 0.429. The first kappa shape index (κ1) is 12.7. The van der Waals surface area contributed by atoms with Gasteiger partial charge < -0.3 is 16.0 Å². The molecule has 1 heterocycles. The fourth-order valence-corrected chi connectivity index (χ4v) is 1.98. The Bertz CT molecular complexity index is 464. The molecule has 1 fully saturated rings. The maximum atomic E-state index is 11.6. The fourth-order valence-electron chi connectivity index (χ4n) is 1.79. The summed E-state index contributed by atoms with van der Waals surface area (Å²) >= 11 is 5.81. The molecule has 0 aromatic heterocycles. The Balaban J connectivity index is 1.77. The normalized spacial score (nSPS) is 18.3. The Morgan fingerprint density at radius 3 is 3.00 bits per heavy atom. The van der Waals surface area contributed by atoms with Crippen molar-refractivity contribution in [3.05, 3.63) is 29.3 Å². The van der Waals surface area contributed by atoms with Crippen LogP contribution in [-0.2, 0) is 4.79 Å². The average Bonchev–Trinajstić information content (AvgIpc) is 2.73. The summed E-state index contributed by atoms with van der Waals surface area (Å²) in [5, 5.41) is 8.72. The van der Waals surface area contributed by atoms with Crippen LogP contribution in [0.15, 0.2) is 24.3 Å². The molecular weight excluding hydrogens is 254 g/mol. The van der Waals surface area contributed by atoms with E-state index in [4.69, 9.17) is 11.6 Å². The van der Waals surface area contributed by atoms with E-state index in [0.717, 1.165) is 6.42 Å². The van der Waals surface area contributed by atoms with E-state index in [1.54, 1.807) is 24.3 Å². The first-order valence-corrected chi connectivity index (χ1v) is 6.11. The first-order valence-electron chi connectivity index (χ1n) is 5.73. The zero-order valence-electron chi connectivity index (χ0n) is 9.70. The lowest BCUT2D eigenvalue weighted by atomic mass is 10.2. The van der Waals surface area contributed by atoms with Gasteiger partial charge in [0.1, 0.15) is 0 Å². The highest BCUT2D eigenvalue weighted by Gasteiger charge is 2.20. The van der Waals surface area contributed by atoms with Gasteiger partial charge in [-0.15, -0.1) is 0 Å². The minimum atomic E-state index is -0.307. The smallest absolute Gasteiger partial charge is 0.319 e. The van der Waals surface area contributed by atoms with Gasteiger partial charge in [0.25, 0.3) is 0 Å². The fraction of sp³-hybridized carbons (Fsp3) is 0.333. The number of rotatable bonds is 3. The number of amides is 3. The number of urea groups is 1. The van der Waals surface area contributed by atoms with Crippen molar-refractivity contribution < 1.29 is 9.59 Å². The summed E-state index contributed by atoms with van der Waals surface area (Å²) in [4.78, 5) is 22.6. The highest BCUT2D eigenvalue weighted by Crippen LogP contribution is 2.14. The maximum Gasteiger partial charge on any atom is 0.319 e. The van der Waals surface area contributed by atoms with Gasteiger partial charge in [-0.25, -0.2) is 4.79 Å². The molecule has 5 nitrogen and oxygen atoms in total. The van der Waals surface area contributed by atoms with Crippen molar-refractivity contribution in [2.45, 2.75) is 18.9 Å². The Hall–Kier alpha value is -1.75. The van der Waals surface area contributed by atoms with E-state index in [9.17, 15) is 9.59 Å². The number of nitrogens with one attached hydrogen (secondary N) is 3. The van der Waals surface area contributed by atoms with Gasteiger partial charge in [-0.2, -0.15) is 0 Å². The quantitative estimate of drug-likeness (QED) is 0.781. The predicted octanol–water partition coefficient (Wildman–Crippen LogP) is 1.74. The van der Waals surface area contributed by atoms with Crippen LogP contribution in [0.5, 0.6) is 0 Å². The minimum absolute atomic E-state index is 0.0302. The highest BCUT2D eigenvalue weighted by molar-refractivity contribution is 6.30.